The van der Waals surface area contributed by atoms with Crippen molar-refractivity contribution in [1.29, 1.82) is 0 Å². The van der Waals surface area contributed by atoms with Gasteiger partial charge in [0.2, 0.25) is 0 Å². The van der Waals surface area contributed by atoms with Gasteiger partial charge in [0.15, 0.2) is 0 Å². The van der Waals surface area contributed by atoms with Gasteiger partial charge in [-0.05, 0) is 260 Å². The Hall–Kier alpha value is -9.13. The van der Waals surface area contributed by atoms with Crippen LogP contribution in [0.1, 0.15) is 141 Å². The zero-order valence-corrected chi connectivity index (χ0v) is 64.3. The smallest absolute Gasteiger partial charge is 0.410 e. The van der Waals surface area contributed by atoms with E-state index < -0.39 is 5.60 Å². The van der Waals surface area contributed by atoms with Crippen LogP contribution in [0.4, 0.5) is 50.8 Å². The standard InChI is InChI=1S/C22H27ClN4O3.C21H27ClN4O.C19H21ClN4O.C18H21ClN4O/c1-22(2,3)30-21(29)27-12-9-16(10-13-27)25-19-18(8-5-11-24-19)20(28)26-17-7-4-6-15(23)14-17;1-20(2)12-16(13-21(3,4)26-20)24-18-17(9-6-10-23-18)19(27)25-15-8-5-7-14(22)11-15;20-14-3-1-4-15(11-14)22-19(25)16-5-2-8-21-18(16)23-17-12-24-9-6-13(17)7-10-24;1-23-10-7-14(8-11-23)21-17-16(6-3-9-20-17)18(24)22-15-5-2-4-13(19)12-15/h4-8,11,14,16H,9-10,12-13H2,1-3H3,(H,24,25)(H,26,28);5-11,16,26H,12-13H2,1-4H3,(H,23,24)(H,25,27);1-5,8,11,13,17H,6-7,9-10,12H2,(H,21,23)(H,22,25);2-6,9,12,14H,7-8,10-11H2,1H3,(H,20,21)(H,22,24). The average Bonchev–Trinajstić information content (AvgIpc) is 0.829. The lowest BCUT2D eigenvalue weighted by molar-refractivity contribution is 0.0210. The van der Waals surface area contributed by atoms with Gasteiger partial charge in [0.25, 0.3) is 23.6 Å². The van der Waals surface area contributed by atoms with Crippen molar-refractivity contribution in [3.8, 4) is 0 Å². The predicted molar refractivity (Wildman–Crippen MR) is 428 cm³/mol. The number of hydrogen-bond acceptors (Lipinski definition) is 17. The first-order chi connectivity index (χ1) is 50.6. The summed E-state index contributed by atoms with van der Waals surface area (Å²) in [4.78, 5) is 87.2. The molecule has 26 heteroatoms. The van der Waals surface area contributed by atoms with Crippen LogP contribution in [-0.2, 0) is 4.74 Å². The second kappa shape index (κ2) is 36.9. The van der Waals surface area contributed by atoms with Gasteiger partial charge in [-0.15, -0.1) is 0 Å². The third-order valence-electron chi connectivity index (χ3n) is 18.6. The fourth-order valence-electron chi connectivity index (χ4n) is 13.9. The van der Waals surface area contributed by atoms with E-state index in [-0.39, 0.29) is 52.9 Å². The van der Waals surface area contributed by atoms with E-state index in [1.165, 1.54) is 25.9 Å². The highest BCUT2D eigenvalue weighted by molar-refractivity contribution is 6.32. The van der Waals surface area contributed by atoms with Crippen LogP contribution in [0, 0.1) is 5.92 Å². The summed E-state index contributed by atoms with van der Waals surface area (Å²) in [6.45, 7) is 21.1. The number of ether oxygens (including phenoxy) is 1. The first-order valence-electron chi connectivity index (χ1n) is 36.0. The molecule has 6 aliphatic heterocycles. The molecule has 0 spiro atoms. The number of carbonyl (C=O) groups excluding carboxylic acids is 5. The number of amides is 5. The largest absolute Gasteiger partial charge is 0.444 e. The van der Waals surface area contributed by atoms with Crippen LogP contribution in [0.5, 0.6) is 0 Å². The van der Waals surface area contributed by atoms with E-state index in [0.29, 0.717) is 119 Å². The van der Waals surface area contributed by atoms with Crippen molar-refractivity contribution in [3.63, 3.8) is 0 Å². The SMILES string of the molecule is CC(C)(C)OC(=O)N1CCC(Nc2ncccc2C(=O)Nc2cccc(Cl)c2)CC1.CC1(C)CC(Nc2ncccc2C(=O)Nc2cccc(Cl)c2)CC(C)(C)N1.CN1CCC(Nc2ncccc2C(=O)Nc2cccc(Cl)c2)CC1.O=C(Nc1cccc(Cl)c1)c1cccnc1NC1CN2CCC1CC2. The molecule has 6 aliphatic rings. The topological polar surface area (TPSA) is 264 Å². The molecular weight excluding hydrogens is 1420 g/mol. The number of likely N-dealkylation sites (tertiary alicyclic amines) is 2. The molecule has 0 aliphatic carbocycles. The molecule has 14 rings (SSSR count). The van der Waals surface area contributed by atoms with E-state index in [2.05, 4.69) is 112 Å². The molecule has 4 aromatic heterocycles. The minimum atomic E-state index is -0.509. The van der Waals surface area contributed by atoms with Gasteiger partial charge >= 0.3 is 6.09 Å². The van der Waals surface area contributed by atoms with Gasteiger partial charge in [-0.1, -0.05) is 70.7 Å². The minimum Gasteiger partial charge on any atom is -0.444 e. The normalized spacial score (nSPS) is 18.4. The fraction of sp³-hybridized carbons (Fsp3) is 0.388. The summed E-state index contributed by atoms with van der Waals surface area (Å²) in [5.74, 6) is 2.23. The van der Waals surface area contributed by atoms with Gasteiger partial charge in [0.1, 0.15) is 28.9 Å². The number of fused-ring (bicyclic) bond motifs is 3. The maximum Gasteiger partial charge on any atom is 0.410 e. The van der Waals surface area contributed by atoms with Gasteiger partial charge in [0, 0.05) is 123 Å². The molecule has 4 aromatic carbocycles. The number of piperidine rings is 6. The van der Waals surface area contributed by atoms with Crippen molar-refractivity contribution in [2.24, 2.45) is 5.92 Å². The van der Waals surface area contributed by atoms with Crippen molar-refractivity contribution >= 4 is 122 Å². The summed E-state index contributed by atoms with van der Waals surface area (Å²) in [6, 6.07) is 43.5. The number of aromatic nitrogens is 4. The maximum absolute atomic E-state index is 12.8. The van der Waals surface area contributed by atoms with Gasteiger partial charge in [0.05, 0.1) is 22.3 Å². The molecule has 9 N–H and O–H groups in total. The van der Waals surface area contributed by atoms with Crippen molar-refractivity contribution in [2.45, 2.75) is 141 Å². The molecular formula is C80H96Cl4N16O6. The van der Waals surface area contributed by atoms with E-state index in [1.807, 2.05) is 45.0 Å². The monoisotopic (exact) mass is 1520 g/mol. The lowest BCUT2D eigenvalue weighted by atomic mass is 9.79. The van der Waals surface area contributed by atoms with Crippen LogP contribution in [0.2, 0.25) is 20.1 Å². The quantitative estimate of drug-likeness (QED) is 0.0435. The number of anilines is 8. The number of carbonyl (C=O) groups is 5. The Labute approximate surface area is 641 Å². The van der Waals surface area contributed by atoms with Crippen molar-refractivity contribution in [2.75, 3.05) is 95.4 Å². The Morgan fingerprint density at radius 3 is 1.09 bits per heavy atom. The molecule has 106 heavy (non-hydrogen) atoms. The zero-order chi connectivity index (χ0) is 75.5. The first kappa shape index (κ1) is 79.4. The van der Waals surface area contributed by atoms with Crippen molar-refractivity contribution in [3.05, 3.63) is 213 Å². The van der Waals surface area contributed by atoms with E-state index in [1.54, 1.807) is 151 Å². The van der Waals surface area contributed by atoms with Crippen LogP contribution in [0.15, 0.2) is 170 Å². The van der Waals surface area contributed by atoms with Crippen LogP contribution >= 0.6 is 46.4 Å². The molecule has 6 fully saturated rings. The molecule has 10 heterocycles. The van der Waals surface area contributed by atoms with E-state index in [0.717, 1.165) is 58.2 Å². The second-order valence-electron chi connectivity index (χ2n) is 29.6. The third-order valence-corrected chi connectivity index (χ3v) is 19.5. The number of hydrogen-bond donors (Lipinski definition) is 9. The summed E-state index contributed by atoms with van der Waals surface area (Å²) in [6.07, 6.45) is 14.4. The van der Waals surface area contributed by atoms with Crippen LogP contribution in [0.3, 0.4) is 0 Å². The molecule has 1 unspecified atom stereocenters. The summed E-state index contributed by atoms with van der Waals surface area (Å²) in [5, 5.41) is 31.3. The van der Waals surface area contributed by atoms with Crippen LogP contribution in [-0.4, -0.2) is 158 Å². The third kappa shape index (κ3) is 24.2. The van der Waals surface area contributed by atoms with Gasteiger partial charge in [-0.2, -0.15) is 0 Å². The lowest BCUT2D eigenvalue weighted by Crippen LogP contribution is -2.60. The van der Waals surface area contributed by atoms with Crippen molar-refractivity contribution in [1.82, 2.24) is 40.0 Å². The number of nitrogens with zero attached hydrogens (tertiary/aromatic N) is 7. The summed E-state index contributed by atoms with van der Waals surface area (Å²) < 4.78 is 5.44. The Morgan fingerprint density at radius 2 is 0.774 bits per heavy atom. The molecule has 1 atom stereocenters. The summed E-state index contributed by atoms with van der Waals surface area (Å²) >= 11 is 24.0. The Morgan fingerprint density at radius 1 is 0.443 bits per heavy atom. The highest BCUT2D eigenvalue weighted by atomic mass is 35.5. The second-order valence-corrected chi connectivity index (χ2v) is 31.3. The Bertz CT molecular complexity index is 4290. The van der Waals surface area contributed by atoms with E-state index >= 15 is 0 Å². The van der Waals surface area contributed by atoms with Crippen molar-refractivity contribution < 1.29 is 28.7 Å². The van der Waals surface area contributed by atoms with Crippen LogP contribution < -0.4 is 47.9 Å². The molecule has 6 saturated heterocycles. The first-order valence-corrected chi connectivity index (χ1v) is 37.5. The van der Waals surface area contributed by atoms with Gasteiger partial charge < -0.3 is 67.3 Å². The molecule has 2 bridgehead atoms. The Balaban J connectivity index is 0.000000152. The number of rotatable bonds is 16. The average molecular weight is 1520 g/mol. The zero-order valence-electron chi connectivity index (χ0n) is 61.3. The molecule has 0 radical (unpaired) electrons. The highest BCUT2D eigenvalue weighted by Gasteiger charge is 2.39. The molecule has 8 aromatic rings. The number of benzene rings is 4. The van der Waals surface area contributed by atoms with Crippen LogP contribution in [0.25, 0.3) is 0 Å². The fourth-order valence-corrected chi connectivity index (χ4v) is 14.6. The van der Waals surface area contributed by atoms with E-state index in [9.17, 15) is 24.0 Å². The number of nitrogens with one attached hydrogen (secondary N) is 9. The lowest BCUT2D eigenvalue weighted by Gasteiger charge is -2.46. The predicted octanol–water partition coefficient (Wildman–Crippen LogP) is 16.5. The minimum absolute atomic E-state index is 0.0113. The molecule has 0 saturated carbocycles. The van der Waals surface area contributed by atoms with Gasteiger partial charge in [-0.3, -0.25) is 19.2 Å². The maximum atomic E-state index is 12.8. The molecule has 560 valence electrons. The van der Waals surface area contributed by atoms with Gasteiger partial charge in [-0.25, -0.2) is 24.7 Å². The molecule has 22 nitrogen and oxygen atoms in total. The highest BCUT2D eigenvalue weighted by Crippen LogP contribution is 2.34. The summed E-state index contributed by atoms with van der Waals surface area (Å²) in [5.41, 5.74) is 4.20. The molecule has 5 amide bonds. The van der Waals surface area contributed by atoms with E-state index in [4.69, 9.17) is 51.1 Å². The summed E-state index contributed by atoms with van der Waals surface area (Å²) in [7, 11) is 2.13. The number of pyridine rings is 4. The Kier molecular flexibility index (Phi) is 27.7. The number of halogens is 4.